The molecule has 1 atom stereocenters. The zero-order valence-electron chi connectivity index (χ0n) is 13.7. The molecule has 1 unspecified atom stereocenters. The van der Waals surface area contributed by atoms with Crippen LogP contribution in [0.1, 0.15) is 22.5 Å². The number of hydroxylamine groups is 1. The number of aromatic nitrogens is 1. The lowest BCUT2D eigenvalue weighted by atomic mass is 10.2. The van der Waals surface area contributed by atoms with Gasteiger partial charge in [0.25, 0.3) is 11.8 Å². The molecule has 2 aromatic rings. The van der Waals surface area contributed by atoms with Crippen molar-refractivity contribution in [1.29, 1.82) is 0 Å². The largest absolute Gasteiger partial charge is 0.357 e. The van der Waals surface area contributed by atoms with Crippen molar-refractivity contribution in [3.63, 3.8) is 0 Å². The fourth-order valence-electron chi connectivity index (χ4n) is 2.64. The molecule has 1 aromatic heterocycles. The van der Waals surface area contributed by atoms with Crippen molar-refractivity contribution in [3.05, 3.63) is 52.0 Å². The minimum absolute atomic E-state index is 0.0104. The quantitative estimate of drug-likeness (QED) is 0.413. The van der Waals surface area contributed by atoms with Gasteiger partial charge in [-0.2, -0.15) is 0 Å². The number of halogens is 1. The second-order valence-corrected chi connectivity index (χ2v) is 7.07. The molecule has 2 amide bonds. The predicted octanol–water partition coefficient (Wildman–Crippen LogP) is 2.64. The van der Waals surface area contributed by atoms with Crippen molar-refractivity contribution < 1.29 is 14.8 Å². The minimum Gasteiger partial charge on any atom is -0.357 e. The van der Waals surface area contributed by atoms with E-state index >= 15 is 0 Å². The van der Waals surface area contributed by atoms with Gasteiger partial charge in [-0.1, -0.05) is 11.6 Å². The van der Waals surface area contributed by atoms with Gasteiger partial charge in [0.2, 0.25) is 0 Å². The molecular weight excluding hydrogens is 376 g/mol. The zero-order chi connectivity index (χ0) is 18.5. The maximum atomic E-state index is 12.5. The van der Waals surface area contributed by atoms with Crippen molar-refractivity contribution in [2.75, 3.05) is 18.4 Å². The van der Waals surface area contributed by atoms with Crippen molar-refractivity contribution in [3.8, 4) is 0 Å². The van der Waals surface area contributed by atoms with E-state index in [1.165, 1.54) is 29.0 Å². The van der Waals surface area contributed by atoms with E-state index in [1.54, 1.807) is 34.5 Å². The first-order valence-electron chi connectivity index (χ1n) is 7.94. The highest BCUT2D eigenvalue weighted by Crippen LogP contribution is 2.22. The number of hydrogen-bond donors (Lipinski definition) is 3. The Labute approximate surface area is 159 Å². The van der Waals surface area contributed by atoms with Crippen LogP contribution in [0.3, 0.4) is 0 Å². The number of likely N-dealkylation sites (tertiary alicyclic amines) is 1. The molecule has 0 saturated carbocycles. The number of carbonyl (C=O) groups is 2. The Kier molecular flexibility index (Phi) is 5.87. The van der Waals surface area contributed by atoms with E-state index in [0.717, 1.165) is 11.6 Å². The Hall–Kier alpha value is -2.42. The predicted molar refractivity (Wildman–Crippen MR) is 100 cm³/mol. The smallest absolute Gasteiger partial charge is 0.267 e. The Morgan fingerprint density at radius 3 is 2.85 bits per heavy atom. The van der Waals surface area contributed by atoms with Crippen LogP contribution in [0.25, 0.3) is 6.08 Å². The standard InChI is InChI=1S/C17H17ClN4O3S/c18-12-3-1-11(2-4-12)16(24)22-8-7-13(9-22)19-17-20-14(10-26-17)5-6-15(23)21-25/h1-6,10,13,25H,7-9H2,(H,19,20)(H,21,23)/b6-5+. The summed E-state index contributed by atoms with van der Waals surface area (Å²) in [4.78, 5) is 29.7. The summed E-state index contributed by atoms with van der Waals surface area (Å²) in [5.41, 5.74) is 2.76. The van der Waals surface area contributed by atoms with Crippen LogP contribution < -0.4 is 10.8 Å². The fraction of sp³-hybridized carbons (Fsp3) is 0.235. The first-order chi connectivity index (χ1) is 12.5. The normalized spacial score (nSPS) is 16.8. The van der Waals surface area contributed by atoms with Crippen molar-refractivity contribution >= 4 is 46.0 Å². The molecule has 3 rings (SSSR count). The van der Waals surface area contributed by atoms with Crippen LogP contribution in [-0.4, -0.2) is 46.0 Å². The summed E-state index contributed by atoms with van der Waals surface area (Å²) in [6.45, 7) is 1.27. The number of nitrogens with one attached hydrogen (secondary N) is 2. The number of carbonyl (C=O) groups excluding carboxylic acids is 2. The third-order valence-electron chi connectivity index (χ3n) is 3.93. The van der Waals surface area contributed by atoms with Crippen molar-refractivity contribution in [1.82, 2.24) is 15.4 Å². The number of nitrogens with zero attached hydrogens (tertiary/aromatic N) is 2. The van der Waals surface area contributed by atoms with E-state index in [0.29, 0.717) is 29.4 Å². The highest BCUT2D eigenvalue weighted by Gasteiger charge is 2.27. The van der Waals surface area contributed by atoms with Crippen LogP contribution in [0.5, 0.6) is 0 Å². The lowest BCUT2D eigenvalue weighted by Crippen LogP contribution is -2.31. The van der Waals surface area contributed by atoms with Gasteiger partial charge in [0.15, 0.2) is 5.13 Å². The molecule has 0 radical (unpaired) electrons. The molecule has 3 N–H and O–H groups in total. The van der Waals surface area contributed by atoms with Crippen LogP contribution in [0.15, 0.2) is 35.7 Å². The molecule has 2 heterocycles. The van der Waals surface area contributed by atoms with E-state index < -0.39 is 5.91 Å². The maximum Gasteiger partial charge on any atom is 0.267 e. The molecule has 1 fully saturated rings. The number of benzene rings is 1. The first kappa shape index (κ1) is 18.4. The number of rotatable bonds is 5. The fourth-order valence-corrected chi connectivity index (χ4v) is 3.52. The topological polar surface area (TPSA) is 94.6 Å². The zero-order valence-corrected chi connectivity index (χ0v) is 15.3. The molecule has 9 heteroatoms. The SMILES string of the molecule is O=C(/C=C/c1csc(NC2CCN(C(=O)c3ccc(Cl)cc3)C2)n1)NO. The van der Waals surface area contributed by atoms with E-state index in [4.69, 9.17) is 16.8 Å². The van der Waals surface area contributed by atoms with Crippen LogP contribution in [0.4, 0.5) is 5.13 Å². The molecule has 0 spiro atoms. The second-order valence-electron chi connectivity index (χ2n) is 5.77. The molecule has 7 nitrogen and oxygen atoms in total. The average Bonchev–Trinajstić information content (AvgIpc) is 3.29. The van der Waals surface area contributed by atoms with Gasteiger partial charge in [0, 0.05) is 41.2 Å². The highest BCUT2D eigenvalue weighted by atomic mass is 35.5. The molecule has 136 valence electrons. The summed E-state index contributed by atoms with van der Waals surface area (Å²) >= 11 is 7.28. The van der Waals surface area contributed by atoms with Crippen molar-refractivity contribution in [2.45, 2.75) is 12.5 Å². The Bertz CT molecular complexity index is 822. The summed E-state index contributed by atoms with van der Waals surface area (Å²) in [5, 5.41) is 14.9. The highest BCUT2D eigenvalue weighted by molar-refractivity contribution is 7.13. The molecule has 0 aliphatic carbocycles. The van der Waals surface area contributed by atoms with Gasteiger partial charge >= 0.3 is 0 Å². The number of anilines is 1. The molecule has 1 aromatic carbocycles. The van der Waals surface area contributed by atoms with Gasteiger partial charge < -0.3 is 10.2 Å². The Morgan fingerprint density at radius 2 is 2.12 bits per heavy atom. The second kappa shape index (κ2) is 8.31. The van der Waals surface area contributed by atoms with Gasteiger partial charge in [-0.15, -0.1) is 11.3 Å². The van der Waals surface area contributed by atoms with Gasteiger partial charge in [-0.05, 0) is 36.8 Å². The van der Waals surface area contributed by atoms with E-state index in [-0.39, 0.29) is 11.9 Å². The summed E-state index contributed by atoms with van der Waals surface area (Å²) in [7, 11) is 0. The van der Waals surface area contributed by atoms with Crippen LogP contribution >= 0.6 is 22.9 Å². The average molecular weight is 393 g/mol. The monoisotopic (exact) mass is 392 g/mol. The third kappa shape index (κ3) is 4.60. The maximum absolute atomic E-state index is 12.5. The van der Waals surface area contributed by atoms with Gasteiger partial charge in [-0.25, -0.2) is 10.5 Å². The Balaban J connectivity index is 1.55. The molecule has 1 aliphatic heterocycles. The molecule has 1 saturated heterocycles. The number of thiazole rings is 1. The van der Waals surface area contributed by atoms with Crippen LogP contribution in [0, 0.1) is 0 Å². The van der Waals surface area contributed by atoms with Gasteiger partial charge in [0.05, 0.1) is 5.69 Å². The first-order valence-corrected chi connectivity index (χ1v) is 9.20. The third-order valence-corrected chi connectivity index (χ3v) is 4.98. The lowest BCUT2D eigenvalue weighted by molar-refractivity contribution is -0.124. The summed E-state index contributed by atoms with van der Waals surface area (Å²) in [5.74, 6) is -0.622. The van der Waals surface area contributed by atoms with Crippen LogP contribution in [-0.2, 0) is 4.79 Å². The summed E-state index contributed by atoms with van der Waals surface area (Å²) in [6, 6.07) is 7.00. The van der Waals surface area contributed by atoms with E-state index in [2.05, 4.69) is 10.3 Å². The lowest BCUT2D eigenvalue weighted by Gasteiger charge is -2.17. The number of amides is 2. The molecule has 26 heavy (non-hydrogen) atoms. The van der Waals surface area contributed by atoms with E-state index in [1.807, 2.05) is 0 Å². The molecule has 1 aliphatic rings. The number of hydrogen-bond acceptors (Lipinski definition) is 6. The molecular formula is C17H17ClN4O3S. The van der Waals surface area contributed by atoms with Crippen LogP contribution in [0.2, 0.25) is 5.02 Å². The Morgan fingerprint density at radius 1 is 1.35 bits per heavy atom. The van der Waals surface area contributed by atoms with Gasteiger partial charge in [0.1, 0.15) is 0 Å². The summed E-state index contributed by atoms with van der Waals surface area (Å²) < 4.78 is 0. The minimum atomic E-state index is -0.611. The summed E-state index contributed by atoms with van der Waals surface area (Å²) in [6.07, 6.45) is 3.54. The van der Waals surface area contributed by atoms with Gasteiger partial charge in [-0.3, -0.25) is 14.8 Å². The van der Waals surface area contributed by atoms with Crippen molar-refractivity contribution in [2.24, 2.45) is 0 Å². The molecule has 0 bridgehead atoms. The van der Waals surface area contributed by atoms with E-state index in [9.17, 15) is 9.59 Å².